The Morgan fingerprint density at radius 1 is 0.536 bits per heavy atom. The van der Waals surface area contributed by atoms with Gasteiger partial charge < -0.3 is 0 Å². The summed E-state index contributed by atoms with van der Waals surface area (Å²) in [7, 11) is 0. The Labute approximate surface area is 171 Å². The maximum atomic E-state index is 6.48. The standard InChI is InChI=1S/C8H9O.3C6H5.Sn/c1-7-3-5-8(9-2)6-4-7;3*1-2-4-6-5-3-1;/h3-6H,2H2,1H3;3*1-5H;. The predicted octanol–water partition coefficient (Wildman–Crippen LogP) is 4.08. The van der Waals surface area contributed by atoms with E-state index in [0.717, 1.165) is 10.4 Å². The molecule has 0 aliphatic rings. The van der Waals surface area contributed by atoms with Gasteiger partial charge >= 0.3 is 172 Å². The molecule has 0 unspecified atom stereocenters. The zero-order chi connectivity index (χ0) is 19.2. The van der Waals surface area contributed by atoms with E-state index in [2.05, 4.69) is 122 Å². The Morgan fingerprint density at radius 3 is 1.32 bits per heavy atom. The number of ether oxygens (including phenoxy) is 1. The summed E-state index contributed by atoms with van der Waals surface area (Å²) >= 11 is -3.34. The molecule has 0 saturated heterocycles. The molecule has 2 heteroatoms. The van der Waals surface area contributed by atoms with E-state index >= 15 is 0 Å². The number of hydrogen-bond donors (Lipinski definition) is 0. The molecule has 4 aromatic carbocycles. The Balaban J connectivity index is 1.86. The van der Waals surface area contributed by atoms with Crippen molar-refractivity contribution in [3.8, 4) is 5.75 Å². The predicted molar refractivity (Wildman–Crippen MR) is 121 cm³/mol. The topological polar surface area (TPSA) is 9.23 Å². The summed E-state index contributed by atoms with van der Waals surface area (Å²) in [5.74, 6) is 0.939. The summed E-state index contributed by atoms with van der Waals surface area (Å²) in [6.45, 7) is 2.10. The van der Waals surface area contributed by atoms with Crippen molar-refractivity contribution in [1.82, 2.24) is 0 Å². The molecular formula is C26H24OSn. The Kier molecular flexibility index (Phi) is 5.82. The van der Waals surface area contributed by atoms with Gasteiger partial charge in [0, 0.05) is 0 Å². The summed E-state index contributed by atoms with van der Waals surface area (Å²) in [6.07, 6.45) is 0. The van der Waals surface area contributed by atoms with Gasteiger partial charge in [-0.3, -0.25) is 0 Å². The first-order valence-electron chi connectivity index (χ1n) is 9.65. The van der Waals surface area contributed by atoms with Crippen molar-refractivity contribution < 1.29 is 4.74 Å². The third-order valence-corrected chi connectivity index (χ3v) is 18.2. The van der Waals surface area contributed by atoms with Crippen LogP contribution in [0.25, 0.3) is 0 Å². The SMILES string of the molecule is Cc1ccc(O[CH2][Sn]([c]2ccccc2)([c]2ccccc2)[c]2ccccc2)cc1. The van der Waals surface area contributed by atoms with Crippen molar-refractivity contribution in [1.29, 1.82) is 0 Å². The molecule has 0 saturated carbocycles. The van der Waals surface area contributed by atoms with Crippen molar-refractivity contribution in [3.63, 3.8) is 0 Å². The number of aryl methyl sites for hydroxylation is 1. The van der Waals surface area contributed by atoms with E-state index in [1.165, 1.54) is 16.3 Å². The molecule has 0 bridgehead atoms. The second-order valence-electron chi connectivity index (χ2n) is 7.11. The van der Waals surface area contributed by atoms with Gasteiger partial charge in [-0.05, 0) is 0 Å². The summed E-state index contributed by atoms with van der Waals surface area (Å²) in [6, 6.07) is 41.3. The average Bonchev–Trinajstić information content (AvgIpc) is 2.78. The molecule has 138 valence electrons. The van der Waals surface area contributed by atoms with Crippen LogP contribution in [0.1, 0.15) is 5.56 Å². The molecule has 0 radical (unpaired) electrons. The van der Waals surface area contributed by atoms with Crippen LogP contribution in [-0.2, 0) is 0 Å². The van der Waals surface area contributed by atoms with Gasteiger partial charge in [-0.15, -0.1) is 0 Å². The average molecular weight is 471 g/mol. The van der Waals surface area contributed by atoms with Gasteiger partial charge in [0.05, 0.1) is 0 Å². The number of benzene rings is 4. The molecule has 0 atom stereocenters. The van der Waals surface area contributed by atoms with Crippen LogP contribution in [0.15, 0.2) is 115 Å². The molecular weight excluding hydrogens is 447 g/mol. The summed E-state index contributed by atoms with van der Waals surface area (Å²) in [4.78, 5) is 0. The molecule has 0 N–H and O–H groups in total. The van der Waals surface area contributed by atoms with Gasteiger partial charge in [0.25, 0.3) is 0 Å². The Hall–Kier alpha value is -2.52. The summed E-state index contributed by atoms with van der Waals surface area (Å²) in [5.41, 5.74) is 1.25. The van der Waals surface area contributed by atoms with Crippen LogP contribution in [0.3, 0.4) is 0 Å². The molecule has 28 heavy (non-hydrogen) atoms. The molecule has 0 aromatic heterocycles. The number of rotatable bonds is 6. The number of hydrogen-bond acceptors (Lipinski definition) is 1. The minimum atomic E-state index is -3.34. The first kappa shape index (κ1) is 18.8. The van der Waals surface area contributed by atoms with Gasteiger partial charge in [0.2, 0.25) is 0 Å². The molecule has 0 spiro atoms. The quantitative estimate of drug-likeness (QED) is 0.386. The van der Waals surface area contributed by atoms with E-state index in [0.29, 0.717) is 0 Å². The second-order valence-corrected chi connectivity index (χ2v) is 18.0. The molecule has 0 heterocycles. The van der Waals surface area contributed by atoms with Gasteiger partial charge in [0.15, 0.2) is 0 Å². The molecule has 1 nitrogen and oxygen atoms in total. The van der Waals surface area contributed by atoms with Crippen LogP contribution in [0, 0.1) is 6.92 Å². The molecule has 4 aromatic rings. The second kappa shape index (κ2) is 8.66. The van der Waals surface area contributed by atoms with E-state index in [9.17, 15) is 0 Å². The van der Waals surface area contributed by atoms with E-state index < -0.39 is 18.4 Å². The van der Waals surface area contributed by atoms with Gasteiger partial charge in [-0.1, -0.05) is 0 Å². The first-order chi connectivity index (χ1) is 13.8. The van der Waals surface area contributed by atoms with Crippen LogP contribution in [0.5, 0.6) is 5.75 Å². The van der Waals surface area contributed by atoms with Crippen molar-refractivity contribution in [3.05, 3.63) is 121 Å². The Morgan fingerprint density at radius 2 is 0.929 bits per heavy atom. The fraction of sp³-hybridized carbons (Fsp3) is 0.0769. The van der Waals surface area contributed by atoms with Crippen LogP contribution in [-0.4, -0.2) is 23.0 Å². The van der Waals surface area contributed by atoms with Gasteiger partial charge in [-0.2, -0.15) is 0 Å². The normalized spacial score (nSPS) is 11.2. The van der Waals surface area contributed by atoms with Gasteiger partial charge in [-0.25, -0.2) is 0 Å². The zero-order valence-corrected chi connectivity index (χ0v) is 18.9. The van der Waals surface area contributed by atoms with Crippen molar-refractivity contribution in [2.45, 2.75) is 6.92 Å². The molecule has 4 rings (SSSR count). The van der Waals surface area contributed by atoms with Crippen molar-refractivity contribution >= 4 is 29.1 Å². The van der Waals surface area contributed by atoms with Crippen molar-refractivity contribution in [2.24, 2.45) is 0 Å². The molecule has 0 fully saturated rings. The van der Waals surface area contributed by atoms with Crippen molar-refractivity contribution in [2.75, 3.05) is 4.62 Å². The summed E-state index contributed by atoms with van der Waals surface area (Å²) < 4.78 is 11.5. The van der Waals surface area contributed by atoms with E-state index in [-0.39, 0.29) is 0 Å². The maximum absolute atomic E-state index is 6.48. The van der Waals surface area contributed by atoms with E-state index in [1.54, 1.807) is 0 Å². The fourth-order valence-electron chi connectivity index (χ4n) is 3.74. The fourth-order valence-corrected chi connectivity index (χ4v) is 15.6. The van der Waals surface area contributed by atoms with Crippen LogP contribution in [0.2, 0.25) is 0 Å². The third kappa shape index (κ3) is 3.85. The summed E-state index contributed by atoms with van der Waals surface area (Å²) in [5, 5.41) is 0. The minimum absolute atomic E-state index is 0.732. The zero-order valence-electron chi connectivity index (χ0n) is 16.1. The molecule has 0 aliphatic carbocycles. The molecule has 0 amide bonds. The Bertz CT molecular complexity index is 900. The monoisotopic (exact) mass is 472 g/mol. The van der Waals surface area contributed by atoms with Gasteiger partial charge in [0.1, 0.15) is 0 Å². The molecule has 0 aliphatic heterocycles. The van der Waals surface area contributed by atoms with Crippen LogP contribution >= 0.6 is 0 Å². The van der Waals surface area contributed by atoms with Crippen LogP contribution < -0.4 is 15.5 Å². The third-order valence-electron chi connectivity index (χ3n) is 5.28. The van der Waals surface area contributed by atoms with E-state index in [4.69, 9.17) is 4.74 Å². The first-order valence-corrected chi connectivity index (χ1v) is 15.9. The van der Waals surface area contributed by atoms with Crippen LogP contribution in [0.4, 0.5) is 0 Å². The van der Waals surface area contributed by atoms with E-state index in [1.807, 2.05) is 0 Å².